The van der Waals surface area contributed by atoms with Crippen LogP contribution in [0, 0.1) is 46.3 Å². The Labute approximate surface area is 206 Å². The second kappa shape index (κ2) is 9.98. The zero-order valence-corrected chi connectivity index (χ0v) is 22.1. The fourth-order valence-corrected chi connectivity index (χ4v) is 9.39. The third kappa shape index (κ3) is 5.07. The maximum absolute atomic E-state index is 12.0. The molecule has 0 radical (unpaired) electrons. The van der Waals surface area contributed by atoms with Gasteiger partial charge in [0, 0.05) is 13.0 Å². The van der Waals surface area contributed by atoms with Gasteiger partial charge in [0.2, 0.25) is 5.91 Å². The maximum Gasteiger partial charge on any atom is 0.266 e. The van der Waals surface area contributed by atoms with Gasteiger partial charge in [0.05, 0.1) is 11.9 Å². The molecule has 34 heavy (non-hydrogen) atoms. The molecule has 0 spiro atoms. The van der Waals surface area contributed by atoms with Gasteiger partial charge in [-0.1, -0.05) is 20.8 Å². The largest absolute Gasteiger partial charge is 0.393 e. The highest BCUT2D eigenvalue weighted by molar-refractivity contribution is 7.85. The first kappa shape index (κ1) is 26.4. The smallest absolute Gasteiger partial charge is 0.266 e. The van der Waals surface area contributed by atoms with Gasteiger partial charge >= 0.3 is 0 Å². The standard InChI is InChI=1S/C26H46N2O5S/c1-17(5-4-6-23(30)28-13-14-34(31,32)33)19-7-8-20-24-21(9-10-26(19,20)3)25(2)11-12-27-16-18(25)15-22(24)29/h17-22,24,27,29H,4-16H2,1-3H3,(H,28,30)(H,31,32,33)/t17-,18-,19-,20+,21+,22+,24+,25+,26-/m1/s1. The zero-order chi connectivity index (χ0) is 24.7. The SMILES string of the molecule is C[C@H](CCCC(=O)NCCS(=O)(=O)O)[C@H]1CC[C@H]2[C@@H]3[C@@H](O)C[C@@H]4CNCC[C@]4(C)[C@H]3CC[C@]12C. The molecule has 0 aromatic heterocycles. The lowest BCUT2D eigenvalue weighted by Gasteiger charge is -2.62. The Kier molecular flexibility index (Phi) is 7.74. The average molecular weight is 499 g/mol. The van der Waals surface area contributed by atoms with Crippen molar-refractivity contribution in [3.05, 3.63) is 0 Å². The van der Waals surface area contributed by atoms with Crippen molar-refractivity contribution in [3.8, 4) is 0 Å². The van der Waals surface area contributed by atoms with Crippen LogP contribution in [0.15, 0.2) is 0 Å². The predicted molar refractivity (Wildman–Crippen MR) is 133 cm³/mol. The van der Waals surface area contributed by atoms with Crippen molar-refractivity contribution in [1.82, 2.24) is 10.6 Å². The fraction of sp³-hybridized carbons (Fsp3) is 0.962. The third-order valence-corrected chi connectivity index (χ3v) is 11.5. The van der Waals surface area contributed by atoms with Crippen LogP contribution in [0.1, 0.15) is 78.6 Å². The van der Waals surface area contributed by atoms with Crippen LogP contribution in [0.25, 0.3) is 0 Å². The monoisotopic (exact) mass is 498 g/mol. The summed E-state index contributed by atoms with van der Waals surface area (Å²) < 4.78 is 30.4. The fourth-order valence-electron chi connectivity index (χ4n) is 9.03. The molecule has 1 heterocycles. The van der Waals surface area contributed by atoms with Crippen molar-refractivity contribution in [2.24, 2.45) is 46.3 Å². The van der Waals surface area contributed by atoms with Crippen LogP contribution in [-0.2, 0) is 14.9 Å². The Hall–Kier alpha value is -0.700. The van der Waals surface area contributed by atoms with Gasteiger partial charge < -0.3 is 15.7 Å². The molecule has 1 aliphatic heterocycles. The number of fused-ring (bicyclic) bond motifs is 5. The number of hydrogen-bond donors (Lipinski definition) is 4. The minimum absolute atomic E-state index is 0.0453. The van der Waals surface area contributed by atoms with E-state index in [-0.39, 0.29) is 24.0 Å². The van der Waals surface area contributed by atoms with Crippen LogP contribution in [0.2, 0.25) is 0 Å². The molecule has 3 saturated carbocycles. The molecule has 1 amide bonds. The Morgan fingerprint density at radius 3 is 2.62 bits per heavy atom. The minimum Gasteiger partial charge on any atom is -0.393 e. The van der Waals surface area contributed by atoms with E-state index in [1.54, 1.807) is 0 Å². The Balaban J connectivity index is 1.33. The van der Waals surface area contributed by atoms with E-state index >= 15 is 0 Å². The summed E-state index contributed by atoms with van der Waals surface area (Å²) in [5.74, 6) is 2.84. The Morgan fingerprint density at radius 1 is 1.15 bits per heavy atom. The molecule has 4 rings (SSSR count). The molecule has 3 aliphatic carbocycles. The maximum atomic E-state index is 12.0. The Morgan fingerprint density at radius 2 is 1.88 bits per heavy atom. The zero-order valence-electron chi connectivity index (χ0n) is 21.3. The number of aliphatic hydroxyl groups is 1. The van der Waals surface area contributed by atoms with Gasteiger partial charge in [0.15, 0.2) is 0 Å². The topological polar surface area (TPSA) is 116 Å². The van der Waals surface area contributed by atoms with E-state index in [0.717, 1.165) is 32.4 Å². The number of rotatable bonds is 8. The third-order valence-electron chi connectivity index (χ3n) is 10.8. The normalized spacial score (nSPS) is 42.9. The molecule has 4 fully saturated rings. The molecule has 0 aromatic rings. The molecule has 0 bridgehead atoms. The summed E-state index contributed by atoms with van der Waals surface area (Å²) in [5.41, 5.74) is 0.637. The minimum atomic E-state index is -4.04. The van der Waals surface area contributed by atoms with Crippen LogP contribution < -0.4 is 10.6 Å². The van der Waals surface area contributed by atoms with Gasteiger partial charge in [-0.15, -0.1) is 0 Å². The predicted octanol–water partition coefficient (Wildman–Crippen LogP) is 3.24. The molecule has 9 atom stereocenters. The number of nitrogens with one attached hydrogen (secondary N) is 2. The summed E-state index contributed by atoms with van der Waals surface area (Å²) in [6.07, 6.45) is 9.12. The first-order valence-electron chi connectivity index (χ1n) is 13.6. The summed E-state index contributed by atoms with van der Waals surface area (Å²) in [4.78, 5) is 12.0. The number of carbonyl (C=O) groups is 1. The lowest BCUT2D eigenvalue weighted by atomic mass is 9.45. The van der Waals surface area contributed by atoms with Crippen LogP contribution in [0.5, 0.6) is 0 Å². The van der Waals surface area contributed by atoms with Gasteiger partial charge in [-0.3, -0.25) is 9.35 Å². The number of carbonyl (C=O) groups excluding carboxylic acids is 1. The number of piperidine rings is 1. The highest BCUT2D eigenvalue weighted by Crippen LogP contribution is 2.67. The molecule has 4 aliphatic rings. The lowest BCUT2D eigenvalue weighted by Crippen LogP contribution is -2.60. The molecule has 196 valence electrons. The number of hydrogen-bond acceptors (Lipinski definition) is 5. The molecular weight excluding hydrogens is 452 g/mol. The van der Waals surface area contributed by atoms with Crippen molar-refractivity contribution < 1.29 is 22.9 Å². The highest BCUT2D eigenvalue weighted by Gasteiger charge is 2.62. The van der Waals surface area contributed by atoms with Crippen LogP contribution in [-0.4, -0.2) is 55.5 Å². The van der Waals surface area contributed by atoms with Crippen LogP contribution in [0.4, 0.5) is 0 Å². The second-order valence-electron chi connectivity index (χ2n) is 12.5. The summed E-state index contributed by atoms with van der Waals surface area (Å²) in [7, 11) is -4.04. The van der Waals surface area contributed by atoms with E-state index in [9.17, 15) is 18.3 Å². The van der Waals surface area contributed by atoms with E-state index in [2.05, 4.69) is 31.4 Å². The van der Waals surface area contributed by atoms with Crippen LogP contribution >= 0.6 is 0 Å². The molecule has 7 nitrogen and oxygen atoms in total. The summed E-state index contributed by atoms with van der Waals surface area (Å²) in [5, 5.41) is 17.5. The van der Waals surface area contributed by atoms with Gasteiger partial charge in [-0.05, 0) is 111 Å². The molecule has 0 aromatic carbocycles. The highest BCUT2D eigenvalue weighted by atomic mass is 32.2. The van der Waals surface area contributed by atoms with Gasteiger partial charge in [-0.2, -0.15) is 8.42 Å². The van der Waals surface area contributed by atoms with E-state index in [4.69, 9.17) is 4.55 Å². The number of amides is 1. The van der Waals surface area contributed by atoms with Crippen molar-refractivity contribution in [2.45, 2.75) is 84.7 Å². The quantitative estimate of drug-likeness (QED) is 0.382. The second-order valence-corrected chi connectivity index (χ2v) is 14.1. The van der Waals surface area contributed by atoms with Crippen LogP contribution in [0.3, 0.4) is 0 Å². The molecule has 8 heteroatoms. The van der Waals surface area contributed by atoms with Crippen molar-refractivity contribution >= 4 is 16.0 Å². The van der Waals surface area contributed by atoms with Crippen molar-refractivity contribution in [3.63, 3.8) is 0 Å². The van der Waals surface area contributed by atoms with Gasteiger partial charge in [-0.25, -0.2) is 0 Å². The van der Waals surface area contributed by atoms with Gasteiger partial charge in [0.25, 0.3) is 10.1 Å². The van der Waals surface area contributed by atoms with E-state index in [0.29, 0.717) is 47.3 Å². The Bertz CT molecular complexity index is 850. The van der Waals surface area contributed by atoms with E-state index in [1.165, 1.54) is 32.1 Å². The summed E-state index contributed by atoms with van der Waals surface area (Å²) in [6.45, 7) is 9.46. The van der Waals surface area contributed by atoms with Gasteiger partial charge in [0.1, 0.15) is 0 Å². The molecule has 1 saturated heterocycles. The summed E-state index contributed by atoms with van der Waals surface area (Å²) in [6, 6.07) is 0. The van der Waals surface area contributed by atoms with E-state index < -0.39 is 15.9 Å². The molecule has 0 unspecified atom stereocenters. The lowest BCUT2D eigenvalue weighted by molar-refractivity contribution is -0.161. The molecular formula is C26H46N2O5S. The molecule has 4 N–H and O–H groups in total. The van der Waals surface area contributed by atoms with Crippen molar-refractivity contribution in [1.29, 1.82) is 0 Å². The first-order valence-corrected chi connectivity index (χ1v) is 15.2. The number of aliphatic hydroxyl groups excluding tert-OH is 1. The average Bonchev–Trinajstić information content (AvgIpc) is 3.10. The van der Waals surface area contributed by atoms with E-state index in [1.807, 2.05) is 0 Å². The summed E-state index contributed by atoms with van der Waals surface area (Å²) >= 11 is 0. The van der Waals surface area contributed by atoms with Crippen molar-refractivity contribution in [2.75, 3.05) is 25.4 Å². The first-order chi connectivity index (χ1) is 16.0.